The Balaban J connectivity index is 1.28. The van der Waals surface area contributed by atoms with Crippen LogP contribution in [0.25, 0.3) is 0 Å². The Bertz CT molecular complexity index is 1050. The fourth-order valence-electron chi connectivity index (χ4n) is 4.90. The molecule has 1 aliphatic carbocycles. The fourth-order valence-corrected chi connectivity index (χ4v) is 4.90. The summed E-state index contributed by atoms with van der Waals surface area (Å²) in [4.78, 5) is 19.6. The highest BCUT2D eigenvalue weighted by atomic mass is 16.5. The first kappa shape index (κ1) is 19.3. The Morgan fingerprint density at radius 1 is 1.10 bits per heavy atom. The van der Waals surface area contributed by atoms with Crippen LogP contribution < -0.4 is 10.5 Å². The summed E-state index contributed by atoms with van der Waals surface area (Å²) in [5.74, 6) is 1.23. The molecule has 1 fully saturated rings. The van der Waals surface area contributed by atoms with Crippen LogP contribution in [-0.4, -0.2) is 34.5 Å². The van der Waals surface area contributed by atoms with Crippen LogP contribution >= 0.6 is 0 Å². The summed E-state index contributed by atoms with van der Waals surface area (Å²) in [6, 6.07) is 6.06. The summed E-state index contributed by atoms with van der Waals surface area (Å²) in [5.41, 5.74) is 5.01. The number of fused-ring (bicyclic) bond motifs is 2. The third-order valence-corrected chi connectivity index (χ3v) is 6.65. The lowest BCUT2D eigenvalue weighted by molar-refractivity contribution is 0.109. The molecule has 156 valence electrons. The first-order valence-corrected chi connectivity index (χ1v) is 11.1. The van der Waals surface area contributed by atoms with E-state index in [0.717, 1.165) is 86.4 Å². The van der Waals surface area contributed by atoms with Crippen LogP contribution in [0.2, 0.25) is 0 Å². The number of hydrogen-bond donors (Lipinski definition) is 0. The van der Waals surface area contributed by atoms with Gasteiger partial charge in [0.1, 0.15) is 11.9 Å². The normalized spacial score (nSPS) is 19.1. The Labute approximate surface area is 176 Å². The molecule has 0 amide bonds. The second-order valence-electron chi connectivity index (χ2n) is 8.65. The highest BCUT2D eigenvalue weighted by Gasteiger charge is 2.25. The molecule has 2 aliphatic heterocycles. The Morgan fingerprint density at radius 2 is 1.93 bits per heavy atom. The zero-order valence-corrected chi connectivity index (χ0v) is 17.3. The molecule has 7 heteroatoms. The minimum atomic E-state index is 0.0309. The van der Waals surface area contributed by atoms with E-state index in [0.29, 0.717) is 31.2 Å². The lowest BCUT2D eigenvalue weighted by Crippen LogP contribution is -2.38. The second-order valence-corrected chi connectivity index (χ2v) is 8.65. The van der Waals surface area contributed by atoms with Gasteiger partial charge in [0.15, 0.2) is 0 Å². The predicted molar refractivity (Wildman–Crippen MR) is 112 cm³/mol. The maximum Gasteiger partial charge on any atom is 0.267 e. The van der Waals surface area contributed by atoms with Gasteiger partial charge in [0.25, 0.3) is 5.56 Å². The molecule has 0 saturated carbocycles. The molecule has 2 aromatic heterocycles. The number of nitriles is 1. The summed E-state index contributed by atoms with van der Waals surface area (Å²) in [5, 5.41) is 14.3. The highest BCUT2D eigenvalue weighted by molar-refractivity contribution is 5.56. The van der Waals surface area contributed by atoms with E-state index in [9.17, 15) is 10.1 Å². The molecule has 0 unspecified atom stereocenters. The van der Waals surface area contributed by atoms with Crippen LogP contribution in [0.15, 0.2) is 16.9 Å². The molecule has 4 heterocycles. The molecule has 5 rings (SSSR count). The lowest BCUT2D eigenvalue weighted by atomic mass is 9.95. The summed E-state index contributed by atoms with van der Waals surface area (Å²) in [7, 11) is 0. The van der Waals surface area contributed by atoms with E-state index in [1.807, 2.05) is 6.07 Å². The molecule has 0 N–H and O–H groups in total. The maximum atomic E-state index is 12.5. The second kappa shape index (κ2) is 8.19. The van der Waals surface area contributed by atoms with Crippen molar-refractivity contribution in [1.29, 1.82) is 5.26 Å². The number of pyridine rings is 1. The number of anilines is 1. The van der Waals surface area contributed by atoms with Gasteiger partial charge in [-0.3, -0.25) is 4.79 Å². The average Bonchev–Trinajstić information content (AvgIpc) is 2.79. The fraction of sp³-hybridized carbons (Fsp3) is 0.565. The Morgan fingerprint density at radius 3 is 2.77 bits per heavy atom. The quantitative estimate of drug-likeness (QED) is 0.780. The van der Waals surface area contributed by atoms with E-state index in [2.05, 4.69) is 16.1 Å². The van der Waals surface area contributed by atoms with Gasteiger partial charge in [-0.05, 0) is 56.1 Å². The van der Waals surface area contributed by atoms with Gasteiger partial charge in [-0.2, -0.15) is 10.4 Å². The van der Waals surface area contributed by atoms with Crippen LogP contribution in [0.5, 0.6) is 0 Å². The van der Waals surface area contributed by atoms with Crippen LogP contribution in [0.3, 0.4) is 0 Å². The summed E-state index contributed by atoms with van der Waals surface area (Å²) >= 11 is 0. The van der Waals surface area contributed by atoms with E-state index in [1.54, 1.807) is 10.7 Å². The molecule has 3 aliphatic rings. The van der Waals surface area contributed by atoms with Crippen molar-refractivity contribution in [3.8, 4) is 6.07 Å². The van der Waals surface area contributed by atoms with Crippen molar-refractivity contribution in [2.45, 2.75) is 58.1 Å². The Kier molecular flexibility index (Phi) is 5.26. The van der Waals surface area contributed by atoms with Crippen molar-refractivity contribution in [2.75, 3.05) is 24.6 Å². The van der Waals surface area contributed by atoms with E-state index >= 15 is 0 Å². The molecule has 0 atom stereocenters. The molecular formula is C23H27N5O2. The van der Waals surface area contributed by atoms with E-state index < -0.39 is 0 Å². The number of rotatable bonds is 3. The minimum Gasteiger partial charge on any atom is -0.376 e. The molecule has 1 saturated heterocycles. The maximum absolute atomic E-state index is 12.5. The number of nitrogens with zero attached hydrogens (tertiary/aromatic N) is 5. The SMILES string of the molecule is N#Cc1cc2c(nc1N1CCC(Cn3nc4c(cc3=O)CCCC4)CC1)CCOC2. The average molecular weight is 406 g/mol. The third kappa shape index (κ3) is 3.72. The van der Waals surface area contributed by atoms with Gasteiger partial charge in [0, 0.05) is 37.7 Å². The monoisotopic (exact) mass is 405 g/mol. The molecule has 0 radical (unpaired) electrons. The van der Waals surface area contributed by atoms with Gasteiger partial charge in [0.2, 0.25) is 0 Å². The molecule has 2 aromatic rings. The van der Waals surface area contributed by atoms with Crippen molar-refractivity contribution >= 4 is 5.82 Å². The zero-order valence-electron chi connectivity index (χ0n) is 17.3. The molecule has 30 heavy (non-hydrogen) atoms. The number of aromatic nitrogens is 3. The van der Waals surface area contributed by atoms with Crippen molar-refractivity contribution in [3.05, 3.63) is 50.6 Å². The third-order valence-electron chi connectivity index (χ3n) is 6.65. The number of hydrogen-bond acceptors (Lipinski definition) is 6. The largest absolute Gasteiger partial charge is 0.376 e. The van der Waals surface area contributed by atoms with Gasteiger partial charge in [0.05, 0.1) is 30.2 Å². The number of piperidine rings is 1. The van der Waals surface area contributed by atoms with Gasteiger partial charge in [-0.1, -0.05) is 0 Å². The molecule has 0 bridgehead atoms. The lowest BCUT2D eigenvalue weighted by Gasteiger charge is -2.34. The van der Waals surface area contributed by atoms with Gasteiger partial charge in [-0.15, -0.1) is 0 Å². The summed E-state index contributed by atoms with van der Waals surface area (Å²) in [6.07, 6.45) is 7.04. The van der Waals surface area contributed by atoms with Crippen molar-refractivity contribution in [1.82, 2.24) is 14.8 Å². The van der Waals surface area contributed by atoms with Crippen molar-refractivity contribution in [3.63, 3.8) is 0 Å². The van der Waals surface area contributed by atoms with Crippen LogP contribution in [0.1, 0.15) is 53.8 Å². The van der Waals surface area contributed by atoms with Crippen LogP contribution in [-0.2, 0) is 37.2 Å². The van der Waals surface area contributed by atoms with Gasteiger partial charge in [-0.25, -0.2) is 9.67 Å². The van der Waals surface area contributed by atoms with Crippen molar-refractivity contribution in [2.24, 2.45) is 5.92 Å². The highest BCUT2D eigenvalue weighted by Crippen LogP contribution is 2.28. The number of ether oxygens (including phenoxy) is 1. The standard InChI is InChI=1S/C23H27N5O2/c24-13-18-11-19-15-30-10-7-20(19)25-23(18)27-8-5-16(6-9-27)14-28-22(29)12-17-3-1-2-4-21(17)26-28/h11-12,16H,1-10,14-15H2. The van der Waals surface area contributed by atoms with E-state index in [4.69, 9.17) is 9.72 Å². The van der Waals surface area contributed by atoms with Crippen LogP contribution in [0.4, 0.5) is 5.82 Å². The van der Waals surface area contributed by atoms with Gasteiger partial charge >= 0.3 is 0 Å². The topological polar surface area (TPSA) is 84.0 Å². The first-order chi connectivity index (χ1) is 14.7. The minimum absolute atomic E-state index is 0.0309. The smallest absolute Gasteiger partial charge is 0.267 e. The van der Waals surface area contributed by atoms with E-state index in [-0.39, 0.29) is 5.56 Å². The first-order valence-electron chi connectivity index (χ1n) is 11.1. The Hall–Kier alpha value is -2.72. The predicted octanol–water partition coefficient (Wildman–Crippen LogP) is 2.38. The molecule has 0 spiro atoms. The van der Waals surface area contributed by atoms with E-state index in [1.165, 1.54) is 0 Å². The summed E-state index contributed by atoms with van der Waals surface area (Å²) in [6.45, 7) is 3.61. The van der Waals surface area contributed by atoms with Crippen LogP contribution in [0, 0.1) is 17.2 Å². The summed E-state index contributed by atoms with van der Waals surface area (Å²) < 4.78 is 7.18. The van der Waals surface area contributed by atoms with Gasteiger partial charge < -0.3 is 9.64 Å². The number of aryl methyl sites for hydroxylation is 2. The molecular weight excluding hydrogens is 378 g/mol. The van der Waals surface area contributed by atoms with Crippen molar-refractivity contribution < 1.29 is 4.74 Å². The molecule has 0 aromatic carbocycles. The zero-order chi connectivity index (χ0) is 20.5. The molecule has 7 nitrogen and oxygen atoms in total.